The molecule has 0 saturated carbocycles. The summed E-state index contributed by atoms with van der Waals surface area (Å²) in [5.41, 5.74) is 2.35. The van der Waals surface area contributed by atoms with E-state index in [2.05, 4.69) is 29.6 Å². The number of hydrogen-bond donors (Lipinski definition) is 1. The van der Waals surface area contributed by atoms with Gasteiger partial charge in [-0.25, -0.2) is 0 Å². The van der Waals surface area contributed by atoms with Crippen LogP contribution in [0, 0.1) is 0 Å². The van der Waals surface area contributed by atoms with E-state index in [1.807, 2.05) is 41.3 Å². The Hall–Kier alpha value is -2.13. The van der Waals surface area contributed by atoms with E-state index in [-0.39, 0.29) is 11.9 Å². The van der Waals surface area contributed by atoms with Crippen molar-refractivity contribution in [3.8, 4) is 0 Å². The Morgan fingerprint density at radius 3 is 1.96 bits per heavy atom. The molecule has 0 spiro atoms. The highest BCUT2D eigenvalue weighted by molar-refractivity contribution is 5.82. The van der Waals surface area contributed by atoms with Gasteiger partial charge in [0.2, 0.25) is 5.91 Å². The van der Waals surface area contributed by atoms with Crippen molar-refractivity contribution in [1.29, 1.82) is 0 Å². The fraction of sp³-hybridized carbons (Fsp3) is 0.350. The molecule has 0 radical (unpaired) electrons. The van der Waals surface area contributed by atoms with Crippen LogP contribution in [0.5, 0.6) is 0 Å². The molecule has 23 heavy (non-hydrogen) atoms. The highest BCUT2D eigenvalue weighted by Crippen LogP contribution is 2.15. The molecule has 1 N–H and O–H groups in total. The van der Waals surface area contributed by atoms with Crippen LogP contribution < -0.4 is 5.32 Å². The van der Waals surface area contributed by atoms with Gasteiger partial charge >= 0.3 is 0 Å². The standard InChI is InChI=1S/C20H24N2O/c23-20(19-13-7-8-14-21-19)22(15-17-9-3-1-4-10-17)16-18-11-5-2-6-12-18/h1-6,9-12,19,21H,7-8,13-16H2/t19-/m0/s1. The van der Waals surface area contributed by atoms with E-state index in [0.29, 0.717) is 13.1 Å². The Bertz CT molecular complexity index is 565. The molecule has 1 fully saturated rings. The maximum atomic E-state index is 13.0. The number of nitrogens with one attached hydrogen (secondary N) is 1. The predicted octanol–water partition coefficient (Wildman–Crippen LogP) is 3.36. The molecule has 0 aromatic heterocycles. The van der Waals surface area contributed by atoms with E-state index >= 15 is 0 Å². The normalized spacial score (nSPS) is 17.7. The number of nitrogens with zero attached hydrogens (tertiary/aromatic N) is 1. The summed E-state index contributed by atoms with van der Waals surface area (Å²) in [6, 6.07) is 20.4. The minimum absolute atomic E-state index is 0.0313. The van der Waals surface area contributed by atoms with E-state index in [1.54, 1.807) is 0 Å². The van der Waals surface area contributed by atoms with Gasteiger partial charge in [0.05, 0.1) is 6.04 Å². The lowest BCUT2D eigenvalue weighted by Crippen LogP contribution is -2.48. The Kier molecular flexibility index (Phi) is 5.43. The highest BCUT2D eigenvalue weighted by atomic mass is 16.2. The molecule has 2 aromatic carbocycles. The van der Waals surface area contributed by atoms with Crippen LogP contribution in [0.3, 0.4) is 0 Å². The number of amides is 1. The lowest BCUT2D eigenvalue weighted by atomic mass is 10.0. The predicted molar refractivity (Wildman–Crippen MR) is 92.8 cm³/mol. The summed E-state index contributed by atoms with van der Waals surface area (Å²) in [6.07, 6.45) is 3.24. The molecule has 3 nitrogen and oxygen atoms in total. The SMILES string of the molecule is O=C([C@@H]1CCCCN1)N(Cc1ccccc1)Cc1ccccc1. The third-order valence-electron chi connectivity index (χ3n) is 4.35. The van der Waals surface area contributed by atoms with Crippen molar-refractivity contribution in [2.45, 2.75) is 38.4 Å². The van der Waals surface area contributed by atoms with Gasteiger partial charge in [-0.05, 0) is 30.5 Å². The van der Waals surface area contributed by atoms with E-state index < -0.39 is 0 Å². The summed E-state index contributed by atoms with van der Waals surface area (Å²) >= 11 is 0. The summed E-state index contributed by atoms with van der Waals surface area (Å²) in [5, 5.41) is 3.38. The van der Waals surface area contributed by atoms with Gasteiger partial charge in [0.15, 0.2) is 0 Å². The zero-order chi connectivity index (χ0) is 15.9. The Labute approximate surface area is 138 Å². The van der Waals surface area contributed by atoms with Gasteiger partial charge in [-0.15, -0.1) is 0 Å². The first kappa shape index (κ1) is 15.8. The molecule has 1 aliphatic rings. The second-order valence-electron chi connectivity index (χ2n) is 6.17. The first-order valence-electron chi connectivity index (χ1n) is 8.43. The van der Waals surface area contributed by atoms with Crippen molar-refractivity contribution < 1.29 is 4.79 Å². The molecule has 1 saturated heterocycles. The topological polar surface area (TPSA) is 32.3 Å². The highest BCUT2D eigenvalue weighted by Gasteiger charge is 2.25. The van der Waals surface area contributed by atoms with E-state index in [4.69, 9.17) is 0 Å². The van der Waals surface area contributed by atoms with Crippen molar-refractivity contribution in [2.24, 2.45) is 0 Å². The summed E-state index contributed by atoms with van der Waals surface area (Å²) in [7, 11) is 0. The maximum absolute atomic E-state index is 13.0. The van der Waals surface area contributed by atoms with Gasteiger partial charge in [0, 0.05) is 13.1 Å². The van der Waals surface area contributed by atoms with Gasteiger partial charge in [-0.2, -0.15) is 0 Å². The minimum atomic E-state index is -0.0313. The Morgan fingerprint density at radius 2 is 1.48 bits per heavy atom. The maximum Gasteiger partial charge on any atom is 0.240 e. The molecular formula is C20H24N2O. The Balaban J connectivity index is 1.76. The molecular weight excluding hydrogens is 284 g/mol. The molecule has 0 unspecified atom stereocenters. The number of benzene rings is 2. The van der Waals surface area contributed by atoms with Gasteiger partial charge in [0.25, 0.3) is 0 Å². The molecule has 1 amide bonds. The van der Waals surface area contributed by atoms with Crippen molar-refractivity contribution in [1.82, 2.24) is 10.2 Å². The van der Waals surface area contributed by atoms with Crippen LogP contribution in [0.1, 0.15) is 30.4 Å². The first-order valence-corrected chi connectivity index (χ1v) is 8.43. The summed E-state index contributed by atoms with van der Waals surface area (Å²) in [4.78, 5) is 15.0. The lowest BCUT2D eigenvalue weighted by Gasteiger charge is -2.30. The van der Waals surface area contributed by atoms with Crippen LogP contribution in [-0.4, -0.2) is 23.4 Å². The van der Waals surface area contributed by atoms with Gasteiger partial charge in [-0.3, -0.25) is 4.79 Å². The fourth-order valence-electron chi connectivity index (χ4n) is 3.10. The molecule has 2 aromatic rings. The minimum Gasteiger partial charge on any atom is -0.333 e. The number of carbonyl (C=O) groups excluding carboxylic acids is 1. The van der Waals surface area contributed by atoms with Crippen molar-refractivity contribution in [3.63, 3.8) is 0 Å². The summed E-state index contributed by atoms with van der Waals surface area (Å²) < 4.78 is 0. The smallest absolute Gasteiger partial charge is 0.240 e. The zero-order valence-electron chi connectivity index (χ0n) is 13.4. The van der Waals surface area contributed by atoms with Crippen LogP contribution in [0.25, 0.3) is 0 Å². The molecule has 1 heterocycles. The monoisotopic (exact) mass is 308 g/mol. The van der Waals surface area contributed by atoms with Crippen molar-refractivity contribution >= 4 is 5.91 Å². The third kappa shape index (κ3) is 4.42. The van der Waals surface area contributed by atoms with Crippen LogP contribution in [-0.2, 0) is 17.9 Å². The average Bonchev–Trinajstić information content (AvgIpc) is 2.63. The first-order chi connectivity index (χ1) is 11.3. The quantitative estimate of drug-likeness (QED) is 0.918. The second kappa shape index (κ2) is 7.93. The molecule has 1 atom stereocenters. The average molecular weight is 308 g/mol. The second-order valence-corrected chi connectivity index (χ2v) is 6.17. The van der Waals surface area contributed by atoms with Crippen LogP contribution in [0.4, 0.5) is 0 Å². The van der Waals surface area contributed by atoms with Crippen molar-refractivity contribution in [3.05, 3.63) is 71.8 Å². The third-order valence-corrected chi connectivity index (χ3v) is 4.35. The molecule has 1 aliphatic heterocycles. The summed E-state index contributed by atoms with van der Waals surface area (Å²) in [5.74, 6) is 0.220. The van der Waals surface area contributed by atoms with Crippen LogP contribution in [0.2, 0.25) is 0 Å². The van der Waals surface area contributed by atoms with Crippen molar-refractivity contribution in [2.75, 3.05) is 6.54 Å². The van der Waals surface area contributed by atoms with Gasteiger partial charge in [0.1, 0.15) is 0 Å². The van der Waals surface area contributed by atoms with Gasteiger partial charge < -0.3 is 10.2 Å². The van der Waals surface area contributed by atoms with Crippen LogP contribution >= 0.6 is 0 Å². The molecule has 0 aliphatic carbocycles. The molecule has 0 bridgehead atoms. The number of carbonyl (C=O) groups is 1. The fourth-order valence-corrected chi connectivity index (χ4v) is 3.10. The number of piperidine rings is 1. The van der Waals surface area contributed by atoms with E-state index in [9.17, 15) is 4.79 Å². The van der Waals surface area contributed by atoms with E-state index in [0.717, 1.165) is 19.4 Å². The number of rotatable bonds is 5. The largest absolute Gasteiger partial charge is 0.333 e. The zero-order valence-corrected chi connectivity index (χ0v) is 13.4. The molecule has 120 valence electrons. The van der Waals surface area contributed by atoms with E-state index in [1.165, 1.54) is 17.5 Å². The number of hydrogen-bond acceptors (Lipinski definition) is 2. The molecule has 3 rings (SSSR count). The molecule has 3 heteroatoms. The van der Waals surface area contributed by atoms with Gasteiger partial charge in [-0.1, -0.05) is 67.1 Å². The lowest BCUT2D eigenvalue weighted by molar-refractivity contribution is -0.135. The van der Waals surface area contributed by atoms with Crippen LogP contribution in [0.15, 0.2) is 60.7 Å². The Morgan fingerprint density at radius 1 is 0.913 bits per heavy atom. The summed E-state index contributed by atoms with van der Waals surface area (Å²) in [6.45, 7) is 2.26.